The van der Waals surface area contributed by atoms with Gasteiger partial charge in [0.2, 0.25) is 5.78 Å². The van der Waals surface area contributed by atoms with Crippen LogP contribution in [0.4, 0.5) is 5.69 Å². The minimum atomic E-state index is -0.530. The lowest BCUT2D eigenvalue weighted by Gasteiger charge is -2.36. The van der Waals surface area contributed by atoms with E-state index < -0.39 is 5.41 Å². The first-order valence-electron chi connectivity index (χ1n) is 9.18. The van der Waals surface area contributed by atoms with Gasteiger partial charge in [0.15, 0.2) is 6.79 Å². The van der Waals surface area contributed by atoms with E-state index in [0.29, 0.717) is 23.6 Å². The Morgan fingerprint density at radius 1 is 1.07 bits per heavy atom. The number of benzene rings is 2. The molecule has 0 saturated heterocycles. The maximum Gasteiger partial charge on any atom is 0.216 e. The van der Waals surface area contributed by atoms with Crippen LogP contribution in [0.15, 0.2) is 75.2 Å². The summed E-state index contributed by atoms with van der Waals surface area (Å²) in [6.45, 7) is 4.62. The summed E-state index contributed by atoms with van der Waals surface area (Å²) in [4.78, 5) is 16.9. The Morgan fingerprint density at radius 2 is 1.83 bits per heavy atom. The predicted octanol–water partition coefficient (Wildman–Crippen LogP) is 5.80. The number of fused-ring (bicyclic) bond motifs is 2. The molecule has 0 radical (unpaired) electrons. The van der Waals surface area contributed by atoms with E-state index in [-0.39, 0.29) is 22.6 Å². The van der Waals surface area contributed by atoms with Crippen molar-refractivity contribution in [1.29, 1.82) is 0 Å². The molecule has 0 unspecified atom stereocenters. The summed E-state index contributed by atoms with van der Waals surface area (Å²) in [6.07, 6.45) is 1.58. The molecule has 0 fully saturated rings. The fourth-order valence-electron chi connectivity index (χ4n) is 3.58. The molecule has 2 aromatic rings. The van der Waals surface area contributed by atoms with Crippen molar-refractivity contribution < 1.29 is 14.3 Å². The molecule has 1 aliphatic heterocycles. The third kappa shape index (κ3) is 3.76. The summed E-state index contributed by atoms with van der Waals surface area (Å²) >= 11 is 12.4. The highest BCUT2D eigenvalue weighted by atomic mass is 35.5. The first kappa shape index (κ1) is 19.9. The second-order valence-electron chi connectivity index (χ2n) is 7.41. The summed E-state index contributed by atoms with van der Waals surface area (Å²) in [5.74, 6) is 0.288. The summed E-state index contributed by atoms with van der Waals surface area (Å²) in [6, 6.07) is 15.6. The van der Waals surface area contributed by atoms with Crippen LogP contribution in [0.1, 0.15) is 25.0 Å². The number of Topliss-reactive ketones (excluding diaryl/α,β-unsaturated/α-hetero) is 1. The maximum absolute atomic E-state index is 12.3. The van der Waals surface area contributed by atoms with Crippen LogP contribution in [0.3, 0.4) is 0 Å². The molecule has 4 nitrogen and oxygen atoms in total. The van der Waals surface area contributed by atoms with Crippen LogP contribution in [0.2, 0.25) is 0 Å². The van der Waals surface area contributed by atoms with Crippen LogP contribution in [-0.4, -0.2) is 18.3 Å². The van der Waals surface area contributed by atoms with Crippen molar-refractivity contribution in [2.24, 2.45) is 4.99 Å². The number of nitrogens with zero attached hydrogens (tertiary/aromatic N) is 1. The zero-order chi connectivity index (χ0) is 20.6. The van der Waals surface area contributed by atoms with E-state index in [2.05, 4.69) is 4.99 Å². The lowest BCUT2D eigenvalue weighted by Crippen LogP contribution is -2.32. The molecular formula is C23H19Cl2NO3. The number of carbonyl (C=O) groups is 1. The molecule has 29 heavy (non-hydrogen) atoms. The van der Waals surface area contributed by atoms with Gasteiger partial charge in [0.1, 0.15) is 5.75 Å². The molecule has 2 aliphatic rings. The molecule has 0 spiro atoms. The number of allylic oxidation sites excluding steroid dienone is 4. The molecule has 0 bridgehead atoms. The minimum absolute atomic E-state index is 0.0762. The van der Waals surface area contributed by atoms with Crippen LogP contribution in [0.25, 0.3) is 0 Å². The number of hydrogen-bond acceptors (Lipinski definition) is 4. The van der Waals surface area contributed by atoms with Gasteiger partial charge < -0.3 is 9.47 Å². The smallest absolute Gasteiger partial charge is 0.216 e. The quantitative estimate of drug-likeness (QED) is 0.344. The Balaban J connectivity index is 1.56. The molecule has 2 aromatic carbocycles. The second-order valence-corrected chi connectivity index (χ2v) is 8.19. The Bertz CT molecular complexity index is 1070. The zero-order valence-electron chi connectivity index (χ0n) is 16.0. The standard InChI is InChI=1S/C23H19Cl2NO3/c1-23(2)16-10-15(29-13-28-12-14-6-4-3-5-7-14)8-9-18(16)26-19-11-17(24)22(27)21(25)20(19)23/h3-11H,12-13H2,1-2H3. The van der Waals surface area contributed by atoms with Crippen molar-refractivity contribution in [2.45, 2.75) is 25.9 Å². The molecule has 6 heteroatoms. The summed E-state index contributed by atoms with van der Waals surface area (Å²) in [5.41, 5.74) is 3.58. The summed E-state index contributed by atoms with van der Waals surface area (Å²) in [5, 5.41) is 0.191. The highest BCUT2D eigenvalue weighted by Crippen LogP contribution is 2.47. The minimum Gasteiger partial charge on any atom is -0.468 e. The monoisotopic (exact) mass is 427 g/mol. The third-order valence-corrected chi connectivity index (χ3v) is 5.72. The average molecular weight is 428 g/mol. The number of ether oxygens (including phenoxy) is 2. The number of aliphatic imine (C=N–C) groups is 1. The predicted molar refractivity (Wildman–Crippen MR) is 115 cm³/mol. The fraction of sp³-hybridized carbons (Fsp3) is 0.217. The highest BCUT2D eigenvalue weighted by Gasteiger charge is 2.40. The van der Waals surface area contributed by atoms with Crippen molar-refractivity contribution in [3.05, 3.63) is 81.4 Å². The van der Waals surface area contributed by atoms with Gasteiger partial charge in [-0.25, -0.2) is 4.99 Å². The SMILES string of the molecule is CC1(C)C2=C(Cl)C(=O)C(Cl)=CC2=Nc2ccc(OCOCc3ccccc3)cc21. The molecule has 0 N–H and O–H groups in total. The molecule has 148 valence electrons. The number of carbonyl (C=O) groups excluding carboxylic acids is 1. The van der Waals surface area contributed by atoms with Crippen molar-refractivity contribution in [3.8, 4) is 5.75 Å². The normalized spacial score (nSPS) is 17.3. The first-order chi connectivity index (χ1) is 13.9. The molecule has 0 amide bonds. The maximum atomic E-state index is 12.3. The number of rotatable bonds is 5. The van der Waals surface area contributed by atoms with Gasteiger partial charge in [0, 0.05) is 11.0 Å². The van der Waals surface area contributed by atoms with Gasteiger partial charge in [-0.15, -0.1) is 0 Å². The van der Waals surface area contributed by atoms with Gasteiger partial charge in [-0.1, -0.05) is 67.4 Å². The number of hydrogen-bond donors (Lipinski definition) is 0. The molecule has 1 heterocycles. The van der Waals surface area contributed by atoms with E-state index in [1.807, 2.05) is 62.4 Å². The Kier molecular flexibility index (Phi) is 5.34. The molecular weight excluding hydrogens is 409 g/mol. The van der Waals surface area contributed by atoms with Crippen LogP contribution in [-0.2, 0) is 21.6 Å². The van der Waals surface area contributed by atoms with Crippen molar-refractivity contribution >= 4 is 40.4 Å². The Morgan fingerprint density at radius 3 is 2.59 bits per heavy atom. The van der Waals surface area contributed by atoms with Gasteiger partial charge in [0.25, 0.3) is 0 Å². The van der Waals surface area contributed by atoms with Crippen LogP contribution >= 0.6 is 23.2 Å². The van der Waals surface area contributed by atoms with Gasteiger partial charge >= 0.3 is 0 Å². The molecule has 0 atom stereocenters. The summed E-state index contributed by atoms with van der Waals surface area (Å²) in [7, 11) is 0. The van der Waals surface area contributed by atoms with E-state index in [1.54, 1.807) is 6.08 Å². The number of ketones is 1. The topological polar surface area (TPSA) is 47.9 Å². The average Bonchev–Trinajstić information content (AvgIpc) is 2.70. The van der Waals surface area contributed by atoms with Gasteiger partial charge in [0.05, 0.1) is 28.1 Å². The van der Waals surface area contributed by atoms with Crippen molar-refractivity contribution in [1.82, 2.24) is 0 Å². The lowest BCUT2D eigenvalue weighted by atomic mass is 9.71. The van der Waals surface area contributed by atoms with Crippen LogP contribution in [0, 0.1) is 0 Å². The van der Waals surface area contributed by atoms with Gasteiger partial charge in [-0.3, -0.25) is 4.79 Å². The Hall–Kier alpha value is -2.40. The van der Waals surface area contributed by atoms with E-state index in [1.165, 1.54) is 0 Å². The Labute approximate surface area is 179 Å². The third-order valence-electron chi connectivity index (χ3n) is 5.08. The zero-order valence-corrected chi connectivity index (χ0v) is 17.6. The largest absolute Gasteiger partial charge is 0.468 e. The van der Waals surface area contributed by atoms with Crippen LogP contribution in [0.5, 0.6) is 5.75 Å². The van der Waals surface area contributed by atoms with Crippen molar-refractivity contribution in [2.75, 3.05) is 6.79 Å². The molecule has 4 rings (SSSR count). The van der Waals surface area contributed by atoms with Crippen molar-refractivity contribution in [3.63, 3.8) is 0 Å². The molecule has 0 saturated carbocycles. The molecule has 1 aliphatic carbocycles. The lowest BCUT2D eigenvalue weighted by molar-refractivity contribution is -0.111. The second kappa shape index (κ2) is 7.79. The highest BCUT2D eigenvalue weighted by molar-refractivity contribution is 6.58. The fourth-order valence-corrected chi connectivity index (χ4v) is 4.26. The first-order valence-corrected chi connectivity index (χ1v) is 9.94. The van der Waals surface area contributed by atoms with E-state index in [4.69, 9.17) is 32.7 Å². The summed E-state index contributed by atoms with van der Waals surface area (Å²) < 4.78 is 11.4. The van der Waals surface area contributed by atoms with Crippen LogP contribution < -0.4 is 4.74 Å². The van der Waals surface area contributed by atoms with E-state index in [9.17, 15) is 4.79 Å². The van der Waals surface area contributed by atoms with E-state index in [0.717, 1.165) is 16.8 Å². The molecule has 0 aromatic heterocycles. The number of halogens is 2. The van der Waals surface area contributed by atoms with E-state index >= 15 is 0 Å². The van der Waals surface area contributed by atoms with Gasteiger partial charge in [-0.2, -0.15) is 0 Å². The van der Waals surface area contributed by atoms with Gasteiger partial charge in [-0.05, 0) is 35.4 Å².